The number of hydrogen-bond donors (Lipinski definition) is 6. The Morgan fingerprint density at radius 2 is 1.59 bits per heavy atom. The summed E-state index contributed by atoms with van der Waals surface area (Å²) in [6.45, 7) is 21.0. The molecule has 1 aromatic carbocycles. The van der Waals surface area contributed by atoms with Crippen molar-refractivity contribution in [3.8, 4) is 5.75 Å². The zero-order valence-electron chi connectivity index (χ0n) is 44.2. The van der Waals surface area contributed by atoms with Gasteiger partial charge in [0.2, 0.25) is 0 Å². The van der Waals surface area contributed by atoms with Crippen molar-refractivity contribution in [1.29, 1.82) is 0 Å². The number of carbonyl (C=O) groups is 2. The van der Waals surface area contributed by atoms with Crippen molar-refractivity contribution in [3.05, 3.63) is 30.3 Å². The van der Waals surface area contributed by atoms with Crippen molar-refractivity contribution in [2.75, 3.05) is 40.8 Å². The van der Waals surface area contributed by atoms with Crippen LogP contribution in [0.1, 0.15) is 128 Å². The number of hydrogen-bond acceptors (Lipinski definition) is 15. The van der Waals surface area contributed by atoms with Gasteiger partial charge in [-0.25, -0.2) is 4.79 Å². The molecule has 1 aromatic rings. The molecule has 17 nitrogen and oxygen atoms in total. The van der Waals surface area contributed by atoms with E-state index in [1.807, 2.05) is 72.0 Å². The molecule has 0 radical (unpaired) electrons. The fourth-order valence-corrected chi connectivity index (χ4v) is 11.2. The molecule has 17 heteroatoms. The molecule has 6 N–H and O–H groups in total. The lowest BCUT2D eigenvalue weighted by Gasteiger charge is -2.53. The molecule has 69 heavy (non-hydrogen) atoms. The maximum Gasteiger partial charge on any atom is 0.320 e. The van der Waals surface area contributed by atoms with E-state index in [9.17, 15) is 30.0 Å². The summed E-state index contributed by atoms with van der Waals surface area (Å²) in [4.78, 5) is 32.4. The van der Waals surface area contributed by atoms with Crippen LogP contribution >= 0.6 is 0 Å². The molecule has 3 saturated heterocycles. The molecule has 4 fully saturated rings. The summed E-state index contributed by atoms with van der Waals surface area (Å²) in [7, 11) is 5.16. The van der Waals surface area contributed by atoms with Crippen LogP contribution in [-0.4, -0.2) is 179 Å². The Labute approximate surface area is 412 Å². The van der Waals surface area contributed by atoms with Crippen LogP contribution in [0.3, 0.4) is 0 Å². The number of urea groups is 1. The number of aliphatic hydroxyl groups is 4. The quantitative estimate of drug-likeness (QED) is 0.107. The molecule has 396 valence electrons. The van der Waals surface area contributed by atoms with Crippen molar-refractivity contribution >= 4 is 12.0 Å². The zero-order valence-corrected chi connectivity index (χ0v) is 44.2. The van der Waals surface area contributed by atoms with E-state index in [0.717, 1.165) is 25.7 Å². The monoisotopic (exact) mass is 979 g/mol. The third-order valence-electron chi connectivity index (χ3n) is 16.1. The van der Waals surface area contributed by atoms with Crippen LogP contribution in [0.5, 0.6) is 5.75 Å². The maximum absolute atomic E-state index is 14.7. The summed E-state index contributed by atoms with van der Waals surface area (Å²) in [6, 6.07) is 8.14. The molecular formula is C52H90N4O13. The number of para-hydroxylation sites is 1. The van der Waals surface area contributed by atoms with E-state index in [1.165, 1.54) is 6.92 Å². The van der Waals surface area contributed by atoms with Crippen molar-refractivity contribution in [3.63, 3.8) is 0 Å². The molecule has 3 aliphatic heterocycles. The van der Waals surface area contributed by atoms with Gasteiger partial charge in [-0.05, 0) is 125 Å². The fraction of sp³-hybridized carbons (Fsp3) is 0.846. The predicted octanol–water partition coefficient (Wildman–Crippen LogP) is 4.99. The number of benzene rings is 1. The van der Waals surface area contributed by atoms with Gasteiger partial charge in [-0.1, -0.05) is 45.9 Å². The average Bonchev–Trinajstić information content (AvgIpc) is 3.28. The van der Waals surface area contributed by atoms with Gasteiger partial charge in [-0.3, -0.25) is 4.79 Å². The Morgan fingerprint density at radius 1 is 0.928 bits per heavy atom. The van der Waals surface area contributed by atoms with E-state index in [1.54, 1.807) is 58.6 Å². The molecule has 2 amide bonds. The summed E-state index contributed by atoms with van der Waals surface area (Å²) >= 11 is 0. The van der Waals surface area contributed by atoms with Gasteiger partial charge in [0.15, 0.2) is 18.7 Å². The van der Waals surface area contributed by atoms with Gasteiger partial charge in [-0.2, -0.15) is 0 Å². The zero-order chi connectivity index (χ0) is 51.2. The second-order valence-electron chi connectivity index (χ2n) is 21.7. The Hall–Kier alpha value is -2.68. The summed E-state index contributed by atoms with van der Waals surface area (Å²) < 4.78 is 46.6. The molecule has 1 aliphatic carbocycles. The number of nitrogens with one attached hydrogen (secondary N) is 2. The van der Waals surface area contributed by atoms with Gasteiger partial charge < -0.3 is 74.0 Å². The minimum atomic E-state index is -1.85. The van der Waals surface area contributed by atoms with Crippen LogP contribution in [-0.2, 0) is 33.2 Å². The van der Waals surface area contributed by atoms with Crippen LogP contribution in [0.2, 0.25) is 0 Å². The Morgan fingerprint density at radius 3 is 2.19 bits per heavy atom. The van der Waals surface area contributed by atoms with Crippen molar-refractivity contribution in [2.45, 2.75) is 223 Å². The number of amides is 2. The number of methoxy groups -OCH3 is 1. The minimum Gasteiger partial charge on any atom is -0.483 e. The van der Waals surface area contributed by atoms with E-state index in [-0.39, 0.29) is 43.8 Å². The van der Waals surface area contributed by atoms with E-state index in [0.29, 0.717) is 25.3 Å². The minimum absolute atomic E-state index is 0.0672. The molecule has 5 rings (SSSR count). The van der Waals surface area contributed by atoms with Crippen LogP contribution in [0.15, 0.2) is 30.3 Å². The first-order chi connectivity index (χ1) is 32.3. The van der Waals surface area contributed by atoms with Crippen molar-refractivity contribution in [1.82, 2.24) is 20.4 Å². The third-order valence-corrected chi connectivity index (χ3v) is 16.1. The van der Waals surface area contributed by atoms with E-state index >= 15 is 0 Å². The third kappa shape index (κ3) is 12.9. The van der Waals surface area contributed by atoms with Crippen LogP contribution in [0.25, 0.3) is 0 Å². The molecule has 4 aliphatic rings. The first-order valence-electron chi connectivity index (χ1n) is 25.7. The fourth-order valence-electron chi connectivity index (χ4n) is 11.2. The molecule has 0 aromatic heterocycles. The van der Waals surface area contributed by atoms with Gasteiger partial charge in [-0.15, -0.1) is 0 Å². The van der Waals surface area contributed by atoms with Gasteiger partial charge in [0.1, 0.15) is 34.8 Å². The lowest BCUT2D eigenvalue weighted by atomic mass is 9.75. The largest absolute Gasteiger partial charge is 0.483 e. The van der Waals surface area contributed by atoms with Crippen molar-refractivity contribution in [2.24, 2.45) is 17.8 Å². The highest BCUT2D eigenvalue weighted by Gasteiger charge is 2.58. The molecular weight excluding hydrogens is 889 g/mol. The Balaban J connectivity index is 1.62. The number of carbonyl (C=O) groups excluding carboxylic acids is 2. The summed E-state index contributed by atoms with van der Waals surface area (Å²) in [5.74, 6) is -2.31. The highest BCUT2D eigenvalue weighted by molar-refractivity contribution is 5.75. The maximum atomic E-state index is 14.7. The van der Waals surface area contributed by atoms with Gasteiger partial charge in [0, 0.05) is 52.2 Å². The molecule has 0 bridgehead atoms. The highest BCUT2D eigenvalue weighted by atomic mass is 16.7. The lowest BCUT2D eigenvalue weighted by molar-refractivity contribution is -0.335. The van der Waals surface area contributed by atoms with E-state index in [4.69, 9.17) is 33.2 Å². The van der Waals surface area contributed by atoms with Gasteiger partial charge >= 0.3 is 12.0 Å². The number of aliphatic hydroxyl groups excluding tert-OH is 1. The van der Waals surface area contributed by atoms with Crippen LogP contribution in [0.4, 0.5) is 4.79 Å². The number of nitrogens with zero attached hydrogens (tertiary/aromatic N) is 2. The molecule has 0 unspecified atom stereocenters. The predicted molar refractivity (Wildman–Crippen MR) is 261 cm³/mol. The summed E-state index contributed by atoms with van der Waals surface area (Å²) in [6.07, 6.45) is -4.26. The number of rotatable bonds is 14. The Bertz CT molecular complexity index is 1770. The first kappa shape index (κ1) is 57.2. The van der Waals surface area contributed by atoms with Gasteiger partial charge in [0.25, 0.3) is 0 Å². The van der Waals surface area contributed by atoms with Gasteiger partial charge in [0.05, 0.1) is 42.0 Å². The summed E-state index contributed by atoms with van der Waals surface area (Å²) in [5.41, 5.74) is -6.14. The van der Waals surface area contributed by atoms with Crippen molar-refractivity contribution < 1.29 is 63.2 Å². The normalized spacial score (nSPS) is 42.0. The Kier molecular flexibility index (Phi) is 19.8. The molecule has 0 spiro atoms. The highest BCUT2D eigenvalue weighted by Crippen LogP contribution is 2.44. The first-order valence-corrected chi connectivity index (χ1v) is 25.7. The van der Waals surface area contributed by atoms with E-state index in [2.05, 4.69) is 10.6 Å². The van der Waals surface area contributed by atoms with Crippen LogP contribution in [0, 0.1) is 17.8 Å². The lowest BCUT2D eigenvalue weighted by Crippen LogP contribution is -2.70. The van der Waals surface area contributed by atoms with Crippen LogP contribution < -0.4 is 15.4 Å². The van der Waals surface area contributed by atoms with E-state index < -0.39 is 108 Å². The molecule has 3 heterocycles. The molecule has 18 atom stereocenters. The number of likely N-dealkylation sites (N-methyl/N-ethyl adjacent to an activating group) is 1. The topological polar surface area (TPSA) is 210 Å². The smallest absolute Gasteiger partial charge is 0.320 e. The molecule has 1 saturated carbocycles. The SMILES string of the molecule is CCCNC[C@]1(O)[C@H](C)O[C@@H](O[C@H]2[C@H](C)[C@@H](O[C@@H]3O[C@H](C)C[C@H](N(C)C(=O)N(C)C4CCC4)[C@H]3Oc3ccccc3)[C@](C)(O)C[C@@H](C)CN[C@H](C)[C@@H](O)[C@](C)(O)[C@@H](CC)OC(=O)[C@@H]2C)C[C@@]1(C)OC. The average molecular weight is 979 g/mol. The second-order valence-corrected chi connectivity index (χ2v) is 21.7. The second kappa shape index (κ2) is 23.9. The number of ether oxygens (including phenoxy) is 7. The summed E-state index contributed by atoms with van der Waals surface area (Å²) in [5, 5.41) is 55.4. The number of cyclic esters (lactones) is 1. The number of esters is 1. The standard InChI is InChI=1S/C52H90N4O13/c1-15-25-53-30-52(62)36(8)65-41(28-50(52,10)63-14)68-42-33(5)45(49(9,60)27-31(3)29-54-35(7)44(57)51(11,61)40(16-2)67-46(58)34(42)6)69-47-43(66-38-23-18-17-19-24-38)39(26-32(4)64-47)56(13)48(59)55(12)37-21-20-22-37/h17-19,23-24,31-37,39-45,47,53-54,57,60-62H,15-16,20-22,25-30H2,1-14H3/t31-,32-,33+,34-,35-,36+,39+,40-,41+,42+,43-,44-,45-,47+,49-,50-,51-,52+/m1/s1.